The van der Waals surface area contributed by atoms with Crippen LogP contribution in [-0.4, -0.2) is 55.6 Å². The number of aliphatic hydroxyl groups excluding tert-OH is 1. The molecular formula is C18H37NO2Si. The van der Waals surface area contributed by atoms with Gasteiger partial charge in [-0.05, 0) is 71.9 Å². The third-order valence-electron chi connectivity index (χ3n) is 5.93. The first kappa shape index (κ1) is 18.4. The molecule has 1 N–H and O–H groups in total. The Hall–Kier alpha value is 0.0969. The molecule has 0 radical (unpaired) electrons. The van der Waals surface area contributed by atoms with E-state index in [2.05, 4.69) is 39.5 Å². The van der Waals surface area contributed by atoms with Crippen molar-refractivity contribution in [3.63, 3.8) is 0 Å². The lowest BCUT2D eigenvalue weighted by atomic mass is 9.77. The smallest absolute Gasteiger partial charge is 0.0719 e. The van der Waals surface area contributed by atoms with Crippen LogP contribution in [0.15, 0.2) is 0 Å². The van der Waals surface area contributed by atoms with E-state index in [0.29, 0.717) is 11.3 Å². The van der Waals surface area contributed by atoms with Crippen LogP contribution in [0.25, 0.3) is 0 Å². The summed E-state index contributed by atoms with van der Waals surface area (Å²) in [6.07, 6.45) is 7.13. The Morgan fingerprint density at radius 1 is 1.23 bits per heavy atom. The molecule has 0 aliphatic carbocycles. The van der Waals surface area contributed by atoms with Gasteiger partial charge in [0.2, 0.25) is 0 Å². The molecule has 2 aliphatic heterocycles. The van der Waals surface area contributed by atoms with E-state index in [1.807, 2.05) is 0 Å². The second kappa shape index (κ2) is 7.33. The van der Waals surface area contributed by atoms with Crippen LogP contribution in [0.1, 0.15) is 73.1 Å². The third kappa shape index (κ3) is 3.95. The van der Waals surface area contributed by atoms with Crippen LogP contribution >= 0.6 is 0 Å². The Morgan fingerprint density at radius 3 is 2.55 bits per heavy atom. The SMILES string of the molecule is CCCCN1C(C)(C)CC([SiH2]C2CCCCO2)C(O)C1(C)C. The highest BCUT2D eigenvalue weighted by molar-refractivity contribution is 6.39. The van der Waals surface area contributed by atoms with E-state index in [4.69, 9.17) is 4.74 Å². The average molecular weight is 328 g/mol. The second-order valence-corrected chi connectivity index (χ2v) is 11.0. The molecule has 0 bridgehead atoms. The zero-order chi connectivity index (χ0) is 16.4. The van der Waals surface area contributed by atoms with Gasteiger partial charge in [0.15, 0.2) is 0 Å². The topological polar surface area (TPSA) is 32.7 Å². The summed E-state index contributed by atoms with van der Waals surface area (Å²) in [7, 11) is -0.406. The predicted octanol–water partition coefficient (Wildman–Crippen LogP) is 2.89. The normalized spacial score (nSPS) is 36.0. The molecule has 3 unspecified atom stereocenters. The molecule has 2 saturated heterocycles. The molecule has 0 amide bonds. The van der Waals surface area contributed by atoms with E-state index >= 15 is 0 Å². The Labute approximate surface area is 139 Å². The molecule has 2 rings (SSSR count). The number of aliphatic hydroxyl groups is 1. The summed E-state index contributed by atoms with van der Waals surface area (Å²) in [5.74, 6) is 0. The summed E-state index contributed by atoms with van der Waals surface area (Å²) in [5, 5.41) is 11.1. The van der Waals surface area contributed by atoms with Crippen LogP contribution in [0.2, 0.25) is 5.54 Å². The van der Waals surface area contributed by atoms with Crippen molar-refractivity contribution in [1.82, 2.24) is 4.90 Å². The van der Waals surface area contributed by atoms with Crippen LogP contribution < -0.4 is 0 Å². The van der Waals surface area contributed by atoms with Gasteiger partial charge < -0.3 is 9.84 Å². The van der Waals surface area contributed by atoms with Crippen LogP contribution in [0.3, 0.4) is 0 Å². The quantitative estimate of drug-likeness (QED) is 0.788. The fourth-order valence-electron chi connectivity index (χ4n) is 4.83. The molecular weight excluding hydrogens is 290 g/mol. The van der Waals surface area contributed by atoms with E-state index in [9.17, 15) is 5.11 Å². The van der Waals surface area contributed by atoms with Gasteiger partial charge in [-0.25, -0.2) is 0 Å². The van der Waals surface area contributed by atoms with Gasteiger partial charge in [0.05, 0.1) is 15.6 Å². The summed E-state index contributed by atoms with van der Waals surface area (Å²) in [6.45, 7) is 13.5. The summed E-state index contributed by atoms with van der Waals surface area (Å²) >= 11 is 0. The minimum atomic E-state index is -0.406. The van der Waals surface area contributed by atoms with E-state index in [1.54, 1.807) is 0 Å². The van der Waals surface area contributed by atoms with Crippen molar-refractivity contribution in [2.24, 2.45) is 0 Å². The molecule has 0 aromatic carbocycles. The Balaban J connectivity index is 2.08. The molecule has 0 saturated carbocycles. The molecule has 2 fully saturated rings. The van der Waals surface area contributed by atoms with E-state index in [1.165, 1.54) is 32.1 Å². The number of ether oxygens (including phenoxy) is 1. The molecule has 0 aromatic heterocycles. The Morgan fingerprint density at radius 2 is 1.95 bits per heavy atom. The Bertz CT molecular complexity index is 353. The van der Waals surface area contributed by atoms with Crippen molar-refractivity contribution in [3.8, 4) is 0 Å². The monoisotopic (exact) mass is 327 g/mol. The molecule has 22 heavy (non-hydrogen) atoms. The number of rotatable bonds is 5. The summed E-state index contributed by atoms with van der Waals surface area (Å²) in [6, 6.07) is 0. The second-order valence-electron chi connectivity index (χ2n) is 8.60. The van der Waals surface area contributed by atoms with Gasteiger partial charge in [0.25, 0.3) is 0 Å². The van der Waals surface area contributed by atoms with Gasteiger partial charge in [0, 0.05) is 23.4 Å². The maximum Gasteiger partial charge on any atom is 0.0719 e. The lowest BCUT2D eigenvalue weighted by Gasteiger charge is -2.58. The van der Waals surface area contributed by atoms with Crippen LogP contribution in [0.4, 0.5) is 0 Å². The van der Waals surface area contributed by atoms with Crippen molar-refractivity contribution in [1.29, 1.82) is 0 Å². The zero-order valence-electron chi connectivity index (χ0n) is 15.4. The molecule has 4 heteroatoms. The molecule has 3 nitrogen and oxygen atoms in total. The number of likely N-dealkylation sites (tertiary alicyclic amines) is 1. The highest BCUT2D eigenvalue weighted by Gasteiger charge is 2.51. The third-order valence-corrected chi connectivity index (χ3v) is 8.44. The standard InChI is InChI=1S/C18H37NO2Si/c1-6-7-11-19-17(2,3)13-14(16(20)18(19,4)5)22-15-10-8-9-12-21-15/h14-16,20H,6-13,22H2,1-5H3. The minimum Gasteiger partial charge on any atom is -0.391 e. The maximum absolute atomic E-state index is 11.1. The van der Waals surface area contributed by atoms with Gasteiger partial charge in [-0.2, -0.15) is 0 Å². The molecule has 0 spiro atoms. The van der Waals surface area contributed by atoms with Gasteiger partial charge in [0.1, 0.15) is 0 Å². The number of nitrogens with zero attached hydrogens (tertiary/aromatic N) is 1. The lowest BCUT2D eigenvalue weighted by molar-refractivity contribution is -0.105. The summed E-state index contributed by atoms with van der Waals surface area (Å²) in [4.78, 5) is 2.57. The highest BCUT2D eigenvalue weighted by Crippen LogP contribution is 2.44. The van der Waals surface area contributed by atoms with Crippen molar-refractivity contribution in [3.05, 3.63) is 0 Å². The van der Waals surface area contributed by atoms with Gasteiger partial charge in [-0.15, -0.1) is 0 Å². The fourth-order valence-corrected chi connectivity index (χ4v) is 8.04. The number of hydrogen-bond acceptors (Lipinski definition) is 3. The lowest BCUT2D eigenvalue weighted by Crippen LogP contribution is -2.67. The fraction of sp³-hybridized carbons (Fsp3) is 1.00. The Kier molecular flexibility index (Phi) is 6.14. The largest absolute Gasteiger partial charge is 0.391 e. The molecule has 2 heterocycles. The highest BCUT2D eigenvalue weighted by atomic mass is 28.2. The molecule has 130 valence electrons. The number of hydrogen-bond donors (Lipinski definition) is 1. The molecule has 2 aliphatic rings. The minimum absolute atomic E-state index is 0.122. The zero-order valence-corrected chi connectivity index (χ0v) is 16.8. The molecule has 0 aromatic rings. The number of piperidine rings is 1. The first-order valence-electron chi connectivity index (χ1n) is 9.36. The first-order valence-corrected chi connectivity index (χ1v) is 11.0. The van der Waals surface area contributed by atoms with E-state index in [0.717, 1.165) is 19.6 Å². The van der Waals surface area contributed by atoms with Gasteiger partial charge >= 0.3 is 0 Å². The molecule has 3 atom stereocenters. The van der Waals surface area contributed by atoms with Gasteiger partial charge in [-0.1, -0.05) is 13.3 Å². The summed E-state index contributed by atoms with van der Waals surface area (Å²) < 4.78 is 5.99. The predicted molar refractivity (Wildman–Crippen MR) is 96.3 cm³/mol. The van der Waals surface area contributed by atoms with Crippen molar-refractivity contribution in [2.75, 3.05) is 13.2 Å². The number of unbranched alkanes of at least 4 members (excludes halogenated alkanes) is 1. The van der Waals surface area contributed by atoms with Crippen LogP contribution in [0.5, 0.6) is 0 Å². The van der Waals surface area contributed by atoms with Crippen molar-refractivity contribution < 1.29 is 9.84 Å². The van der Waals surface area contributed by atoms with Gasteiger partial charge in [-0.3, -0.25) is 4.90 Å². The maximum atomic E-state index is 11.1. The van der Waals surface area contributed by atoms with E-state index in [-0.39, 0.29) is 17.2 Å². The average Bonchev–Trinajstić information content (AvgIpc) is 2.45. The van der Waals surface area contributed by atoms with Crippen LogP contribution in [0, 0.1) is 0 Å². The van der Waals surface area contributed by atoms with E-state index < -0.39 is 9.52 Å². The van der Waals surface area contributed by atoms with Crippen molar-refractivity contribution >= 4 is 9.52 Å². The first-order chi connectivity index (χ1) is 10.3. The van der Waals surface area contributed by atoms with Crippen LogP contribution in [-0.2, 0) is 4.74 Å². The summed E-state index contributed by atoms with van der Waals surface area (Å²) in [5.41, 5.74) is 1.06. The van der Waals surface area contributed by atoms with Crippen molar-refractivity contribution in [2.45, 2.75) is 102 Å².